The minimum absolute atomic E-state index is 0.644. The molecule has 0 amide bonds. The predicted octanol–water partition coefficient (Wildman–Crippen LogP) is 3.42. The van der Waals surface area contributed by atoms with Crippen molar-refractivity contribution < 1.29 is 22.0 Å². The Bertz CT molecular complexity index is 132. The van der Waals surface area contributed by atoms with Gasteiger partial charge in [-0.25, -0.2) is 17.6 Å². The molecule has 0 rings (SSSR count). The van der Waals surface area contributed by atoms with E-state index in [1.165, 1.54) is 0 Å². The van der Waals surface area contributed by atoms with E-state index >= 15 is 0 Å². The number of hydrogen-bond acceptors (Lipinski definition) is 0. The molecule has 0 aliphatic rings. The summed E-state index contributed by atoms with van der Waals surface area (Å²) in [5.41, 5.74) is 0. The first-order valence-corrected chi connectivity index (χ1v) is 3.64. The van der Waals surface area contributed by atoms with Gasteiger partial charge in [-0.15, -0.1) is 0 Å². The van der Waals surface area contributed by atoms with Crippen LogP contribution in [0.3, 0.4) is 0 Å². The number of alkyl halides is 5. The van der Waals surface area contributed by atoms with Gasteiger partial charge in [-0.1, -0.05) is 6.92 Å². The maximum atomic E-state index is 12.4. The fourth-order valence-corrected chi connectivity index (χ4v) is 0.730. The summed E-state index contributed by atoms with van der Waals surface area (Å²) in [6.07, 6.45) is -3.32. The molecule has 12 heavy (non-hydrogen) atoms. The van der Waals surface area contributed by atoms with E-state index in [0.29, 0.717) is 0 Å². The lowest BCUT2D eigenvalue weighted by atomic mass is 10.1. The molecule has 0 radical (unpaired) electrons. The average molecular weight is 190 g/mol. The first kappa shape index (κ1) is 11.6. The number of halogens is 5. The Morgan fingerprint density at radius 1 is 1.00 bits per heavy atom. The monoisotopic (exact) mass is 190 g/mol. The van der Waals surface area contributed by atoms with Crippen molar-refractivity contribution in [3.05, 3.63) is 0 Å². The van der Waals surface area contributed by atoms with E-state index in [0.717, 1.165) is 6.92 Å². The molecule has 0 unspecified atom stereocenters. The van der Waals surface area contributed by atoms with Crippen molar-refractivity contribution in [1.82, 2.24) is 0 Å². The molecular weight excluding hydrogens is 179 g/mol. The Morgan fingerprint density at radius 3 is 1.83 bits per heavy atom. The molecule has 0 aromatic heterocycles. The summed E-state index contributed by atoms with van der Waals surface area (Å²) in [4.78, 5) is 0. The molecule has 74 valence electrons. The summed E-state index contributed by atoms with van der Waals surface area (Å²) in [5, 5.41) is 0. The summed E-state index contributed by atoms with van der Waals surface area (Å²) in [6.45, 7) is -0.154. The van der Waals surface area contributed by atoms with E-state index in [-0.39, 0.29) is 0 Å². The second-order valence-electron chi connectivity index (χ2n) is 2.68. The molecule has 5 heteroatoms. The Kier molecular flexibility index (Phi) is 3.93. The third kappa shape index (κ3) is 4.51. The van der Waals surface area contributed by atoms with E-state index < -0.39 is 37.8 Å². The van der Waals surface area contributed by atoms with Gasteiger partial charge < -0.3 is 0 Å². The zero-order valence-corrected chi connectivity index (χ0v) is 6.72. The van der Waals surface area contributed by atoms with Gasteiger partial charge in [0.25, 0.3) is 11.8 Å². The Labute approximate surface area is 67.8 Å². The third-order valence-corrected chi connectivity index (χ3v) is 1.49. The van der Waals surface area contributed by atoms with Crippen LogP contribution in [0.15, 0.2) is 0 Å². The van der Waals surface area contributed by atoms with Crippen LogP contribution in [-0.4, -0.2) is 18.5 Å². The molecule has 0 bridgehead atoms. The fourth-order valence-electron chi connectivity index (χ4n) is 0.730. The smallest absolute Gasteiger partial charge is 0.251 e. The SMILES string of the molecule is CCC(F)(F)CC(F)(F)CCF. The predicted molar refractivity (Wildman–Crippen MR) is 35.4 cm³/mol. The molecule has 0 fully saturated rings. The highest BCUT2D eigenvalue weighted by Gasteiger charge is 2.41. The van der Waals surface area contributed by atoms with E-state index in [1.807, 2.05) is 0 Å². The zero-order valence-electron chi connectivity index (χ0n) is 6.72. The van der Waals surface area contributed by atoms with Crippen LogP contribution in [0.5, 0.6) is 0 Å². The van der Waals surface area contributed by atoms with E-state index in [9.17, 15) is 22.0 Å². The minimum atomic E-state index is -3.59. The summed E-state index contributed by atoms with van der Waals surface area (Å²) in [7, 11) is 0. The molecule has 0 N–H and O–H groups in total. The molecule has 0 atom stereocenters. The second kappa shape index (κ2) is 4.05. The van der Waals surface area contributed by atoms with E-state index in [2.05, 4.69) is 0 Å². The Morgan fingerprint density at radius 2 is 1.50 bits per heavy atom. The van der Waals surface area contributed by atoms with Crippen LogP contribution >= 0.6 is 0 Å². The first-order chi connectivity index (χ1) is 5.33. The largest absolute Gasteiger partial charge is 0.256 e. The van der Waals surface area contributed by atoms with E-state index in [1.54, 1.807) is 0 Å². The van der Waals surface area contributed by atoms with Crippen molar-refractivity contribution in [1.29, 1.82) is 0 Å². The molecule has 0 saturated carbocycles. The van der Waals surface area contributed by atoms with Crippen molar-refractivity contribution in [2.75, 3.05) is 6.67 Å². The van der Waals surface area contributed by atoms with Crippen LogP contribution in [0.2, 0.25) is 0 Å². The lowest BCUT2D eigenvalue weighted by molar-refractivity contribution is -0.117. The van der Waals surface area contributed by atoms with Crippen molar-refractivity contribution >= 4 is 0 Å². The van der Waals surface area contributed by atoms with Crippen LogP contribution in [0, 0.1) is 0 Å². The summed E-state index contributed by atoms with van der Waals surface area (Å²) in [5.74, 6) is -6.98. The van der Waals surface area contributed by atoms with Gasteiger partial charge in [0.1, 0.15) is 0 Å². The lowest BCUT2D eigenvalue weighted by Gasteiger charge is -2.20. The molecule has 0 aliphatic carbocycles. The molecular formula is C7H11F5. The molecule has 0 aromatic rings. The summed E-state index contributed by atoms with van der Waals surface area (Å²) < 4.78 is 61.0. The van der Waals surface area contributed by atoms with Crippen LogP contribution in [0.4, 0.5) is 22.0 Å². The molecule has 0 aliphatic heterocycles. The van der Waals surface area contributed by atoms with Crippen LogP contribution < -0.4 is 0 Å². The second-order valence-corrected chi connectivity index (χ2v) is 2.68. The number of rotatable bonds is 5. The summed E-state index contributed by atoms with van der Waals surface area (Å²) >= 11 is 0. The highest BCUT2D eigenvalue weighted by Crippen LogP contribution is 2.34. The standard InChI is InChI=1S/C7H11F5/c1-2-6(9,10)5-7(11,12)3-4-8/h2-5H2,1H3. The van der Waals surface area contributed by atoms with Gasteiger partial charge >= 0.3 is 0 Å². The van der Waals surface area contributed by atoms with Crippen LogP contribution in [0.25, 0.3) is 0 Å². The molecule has 0 saturated heterocycles. The first-order valence-electron chi connectivity index (χ1n) is 3.64. The third-order valence-electron chi connectivity index (χ3n) is 1.49. The van der Waals surface area contributed by atoms with E-state index in [4.69, 9.17) is 0 Å². The van der Waals surface area contributed by atoms with Crippen LogP contribution in [0.1, 0.15) is 26.2 Å². The van der Waals surface area contributed by atoms with Crippen molar-refractivity contribution in [2.24, 2.45) is 0 Å². The Balaban J connectivity index is 4.04. The average Bonchev–Trinajstić information content (AvgIpc) is 1.85. The number of hydrogen-bond donors (Lipinski definition) is 0. The zero-order chi connectivity index (χ0) is 9.83. The van der Waals surface area contributed by atoms with Crippen LogP contribution in [-0.2, 0) is 0 Å². The van der Waals surface area contributed by atoms with Crippen molar-refractivity contribution in [3.63, 3.8) is 0 Å². The fraction of sp³-hybridized carbons (Fsp3) is 1.00. The van der Waals surface area contributed by atoms with Gasteiger partial charge in [0, 0.05) is 12.8 Å². The molecule has 0 spiro atoms. The highest BCUT2D eigenvalue weighted by atomic mass is 19.3. The Hall–Kier alpha value is -0.350. The van der Waals surface area contributed by atoms with Gasteiger partial charge in [-0.3, -0.25) is 4.39 Å². The highest BCUT2D eigenvalue weighted by molar-refractivity contribution is 4.75. The molecule has 0 aromatic carbocycles. The quantitative estimate of drug-likeness (QED) is 0.582. The van der Waals surface area contributed by atoms with Gasteiger partial charge in [0.15, 0.2) is 0 Å². The summed E-state index contributed by atoms with van der Waals surface area (Å²) in [6, 6.07) is 0. The lowest BCUT2D eigenvalue weighted by Crippen LogP contribution is -2.28. The molecule has 0 nitrogen and oxygen atoms in total. The van der Waals surface area contributed by atoms with Crippen molar-refractivity contribution in [2.45, 2.75) is 38.0 Å². The van der Waals surface area contributed by atoms with Gasteiger partial charge in [0.2, 0.25) is 0 Å². The maximum absolute atomic E-state index is 12.4. The van der Waals surface area contributed by atoms with Gasteiger partial charge in [-0.05, 0) is 0 Å². The van der Waals surface area contributed by atoms with Crippen molar-refractivity contribution in [3.8, 4) is 0 Å². The molecule has 0 heterocycles. The minimum Gasteiger partial charge on any atom is -0.251 e. The van der Waals surface area contributed by atoms with Gasteiger partial charge in [0.05, 0.1) is 13.1 Å². The maximum Gasteiger partial charge on any atom is 0.256 e. The normalized spacial score (nSPS) is 13.5. The van der Waals surface area contributed by atoms with Gasteiger partial charge in [-0.2, -0.15) is 0 Å². The topological polar surface area (TPSA) is 0 Å².